The molecule has 0 bridgehead atoms. The Morgan fingerprint density at radius 3 is 2.18 bits per heavy atom. The first kappa shape index (κ1) is 14.0. The maximum absolute atomic E-state index is 11.6. The maximum atomic E-state index is 11.6. The molecule has 4 heteroatoms. The molecule has 17 heavy (non-hydrogen) atoms. The highest BCUT2D eigenvalue weighted by atomic mass is 16.5. The van der Waals surface area contributed by atoms with Gasteiger partial charge in [0, 0.05) is 23.9 Å². The van der Waals surface area contributed by atoms with E-state index in [4.69, 9.17) is 9.84 Å². The summed E-state index contributed by atoms with van der Waals surface area (Å²) >= 11 is 0. The van der Waals surface area contributed by atoms with Crippen LogP contribution in [0.25, 0.3) is 0 Å². The second kappa shape index (κ2) is 4.69. The summed E-state index contributed by atoms with van der Waals surface area (Å²) in [6.07, 6.45) is 2.24. The van der Waals surface area contributed by atoms with Gasteiger partial charge in [0.25, 0.3) is 0 Å². The van der Waals surface area contributed by atoms with E-state index in [1.807, 2.05) is 0 Å². The molecule has 0 unspecified atom stereocenters. The summed E-state index contributed by atoms with van der Waals surface area (Å²) in [5, 5.41) is 12.3. The molecule has 0 amide bonds. The summed E-state index contributed by atoms with van der Waals surface area (Å²) < 4.78 is 5.41. The summed E-state index contributed by atoms with van der Waals surface area (Å²) in [5.74, 6) is -0.439. The minimum absolute atomic E-state index is 0.0521. The molecule has 1 fully saturated rings. The number of hydrogen-bond donors (Lipinski definition) is 2. The molecule has 0 radical (unpaired) electrons. The highest BCUT2D eigenvalue weighted by molar-refractivity contribution is 5.87. The van der Waals surface area contributed by atoms with E-state index in [1.54, 1.807) is 6.92 Å². The summed E-state index contributed by atoms with van der Waals surface area (Å²) in [4.78, 5) is 11.6. The van der Waals surface area contributed by atoms with Gasteiger partial charge >= 0.3 is 5.97 Å². The van der Waals surface area contributed by atoms with Crippen molar-refractivity contribution in [3.8, 4) is 0 Å². The Morgan fingerprint density at radius 1 is 1.29 bits per heavy atom. The second-order valence-electron chi connectivity index (χ2n) is 6.14. The van der Waals surface area contributed by atoms with Crippen LogP contribution in [0, 0.1) is 0 Å². The molecule has 0 aromatic heterocycles. The van der Waals surface area contributed by atoms with Gasteiger partial charge in [-0.1, -0.05) is 0 Å². The number of piperidine rings is 1. The zero-order valence-corrected chi connectivity index (χ0v) is 11.3. The van der Waals surface area contributed by atoms with Crippen molar-refractivity contribution in [2.75, 3.05) is 0 Å². The molecular weight excluding hydrogens is 218 g/mol. The highest BCUT2D eigenvalue weighted by Gasteiger charge is 2.39. The van der Waals surface area contributed by atoms with Gasteiger partial charge in [-0.25, -0.2) is 4.79 Å². The third-order valence-electron chi connectivity index (χ3n) is 2.94. The largest absolute Gasteiger partial charge is 0.515 e. The first-order chi connectivity index (χ1) is 7.65. The van der Waals surface area contributed by atoms with Gasteiger partial charge in [0.1, 0.15) is 6.10 Å². The Labute approximate surface area is 103 Å². The van der Waals surface area contributed by atoms with Gasteiger partial charge in [0.05, 0.1) is 11.8 Å². The van der Waals surface area contributed by atoms with E-state index in [2.05, 4.69) is 33.0 Å². The minimum atomic E-state index is -0.439. The lowest BCUT2D eigenvalue weighted by atomic mass is 9.81. The monoisotopic (exact) mass is 241 g/mol. The van der Waals surface area contributed by atoms with Crippen LogP contribution < -0.4 is 5.32 Å². The summed E-state index contributed by atoms with van der Waals surface area (Å²) in [6.45, 7) is 9.94. The summed E-state index contributed by atoms with van der Waals surface area (Å²) in [6, 6.07) is 0. The average Bonchev–Trinajstić information content (AvgIpc) is 2.11. The van der Waals surface area contributed by atoms with E-state index in [0.717, 1.165) is 19.1 Å². The molecule has 1 aliphatic heterocycles. The Balaban J connectivity index is 2.69. The van der Waals surface area contributed by atoms with E-state index in [-0.39, 0.29) is 22.8 Å². The van der Waals surface area contributed by atoms with Crippen LogP contribution in [0.3, 0.4) is 0 Å². The van der Waals surface area contributed by atoms with Crippen LogP contribution in [0.15, 0.2) is 11.8 Å². The fourth-order valence-electron chi connectivity index (χ4n) is 2.61. The molecule has 0 atom stereocenters. The average molecular weight is 241 g/mol. The number of aliphatic hydroxyl groups is 1. The Kier molecular flexibility index (Phi) is 3.87. The molecule has 0 aromatic carbocycles. The Bertz CT molecular complexity index is 316. The van der Waals surface area contributed by atoms with Crippen LogP contribution in [0.4, 0.5) is 0 Å². The fraction of sp³-hybridized carbons (Fsp3) is 0.769. The van der Waals surface area contributed by atoms with Crippen LogP contribution >= 0.6 is 0 Å². The lowest BCUT2D eigenvalue weighted by molar-refractivity contribution is -0.148. The molecular formula is C13H23NO3. The van der Waals surface area contributed by atoms with E-state index in [0.29, 0.717) is 0 Å². The van der Waals surface area contributed by atoms with Crippen molar-refractivity contribution in [3.05, 3.63) is 11.8 Å². The predicted molar refractivity (Wildman–Crippen MR) is 66.8 cm³/mol. The Morgan fingerprint density at radius 2 is 1.76 bits per heavy atom. The number of carbonyl (C=O) groups excluding carboxylic acids is 1. The zero-order chi connectivity index (χ0) is 13.3. The number of aliphatic hydroxyl groups excluding tert-OH is 1. The smallest absolute Gasteiger partial charge is 0.337 e. The minimum Gasteiger partial charge on any atom is -0.515 e. The molecule has 0 aliphatic carbocycles. The topological polar surface area (TPSA) is 58.6 Å². The molecule has 0 saturated carbocycles. The third kappa shape index (κ3) is 4.04. The lowest BCUT2D eigenvalue weighted by Crippen LogP contribution is -2.59. The molecule has 0 spiro atoms. The van der Waals surface area contributed by atoms with E-state index >= 15 is 0 Å². The quantitative estimate of drug-likeness (QED) is 0.442. The molecule has 1 heterocycles. The summed E-state index contributed by atoms with van der Waals surface area (Å²) in [7, 11) is 0. The van der Waals surface area contributed by atoms with Crippen molar-refractivity contribution in [1.82, 2.24) is 5.32 Å². The molecule has 1 rings (SSSR count). The van der Waals surface area contributed by atoms with Crippen LogP contribution in [0.1, 0.15) is 47.5 Å². The van der Waals surface area contributed by atoms with Gasteiger partial charge < -0.3 is 15.2 Å². The molecule has 98 valence electrons. The van der Waals surface area contributed by atoms with Gasteiger partial charge in [-0.3, -0.25) is 0 Å². The van der Waals surface area contributed by atoms with E-state index < -0.39 is 5.97 Å². The summed E-state index contributed by atoms with van der Waals surface area (Å²) in [5.41, 5.74) is 0.131. The third-order valence-corrected chi connectivity index (χ3v) is 2.94. The van der Waals surface area contributed by atoms with Crippen molar-refractivity contribution in [3.63, 3.8) is 0 Å². The van der Waals surface area contributed by atoms with Gasteiger partial charge in [-0.05, 0) is 34.6 Å². The maximum Gasteiger partial charge on any atom is 0.337 e. The number of nitrogens with one attached hydrogen (secondary N) is 1. The number of carbonyl (C=O) groups is 1. The van der Waals surface area contributed by atoms with Gasteiger partial charge in [-0.2, -0.15) is 0 Å². The van der Waals surface area contributed by atoms with E-state index in [9.17, 15) is 4.79 Å². The van der Waals surface area contributed by atoms with Crippen LogP contribution in [0.2, 0.25) is 0 Å². The normalized spacial score (nSPS) is 24.4. The zero-order valence-electron chi connectivity index (χ0n) is 11.3. The second-order valence-corrected chi connectivity index (χ2v) is 6.14. The molecule has 0 aromatic rings. The number of rotatable bonds is 2. The van der Waals surface area contributed by atoms with Gasteiger partial charge in [0.2, 0.25) is 0 Å². The standard InChI is InChI=1S/C13H23NO3/c1-9(8-15)11(16)17-10-6-12(2,3)14-13(4,5)7-10/h8,10,14-15H,6-7H2,1-5H3. The van der Waals surface area contributed by atoms with E-state index in [1.165, 1.54) is 0 Å². The molecule has 1 saturated heterocycles. The SMILES string of the molecule is CC(=CO)C(=O)OC1CC(C)(C)NC(C)(C)C1. The number of ether oxygens (including phenoxy) is 1. The lowest BCUT2D eigenvalue weighted by Gasteiger charge is -2.45. The first-order valence-corrected chi connectivity index (χ1v) is 5.96. The van der Waals surface area contributed by atoms with Gasteiger partial charge in [-0.15, -0.1) is 0 Å². The van der Waals surface area contributed by atoms with Crippen molar-refractivity contribution in [1.29, 1.82) is 0 Å². The molecule has 2 N–H and O–H groups in total. The van der Waals surface area contributed by atoms with Crippen LogP contribution in [-0.4, -0.2) is 28.3 Å². The first-order valence-electron chi connectivity index (χ1n) is 5.96. The molecule has 1 aliphatic rings. The number of esters is 1. The van der Waals surface area contributed by atoms with Crippen molar-refractivity contribution < 1.29 is 14.6 Å². The van der Waals surface area contributed by atoms with Crippen LogP contribution in [0.5, 0.6) is 0 Å². The van der Waals surface area contributed by atoms with Crippen molar-refractivity contribution >= 4 is 5.97 Å². The number of hydrogen-bond acceptors (Lipinski definition) is 4. The Hall–Kier alpha value is -1.03. The van der Waals surface area contributed by atoms with Crippen molar-refractivity contribution in [2.24, 2.45) is 0 Å². The predicted octanol–water partition coefficient (Wildman–Crippen LogP) is 2.30. The highest BCUT2D eigenvalue weighted by Crippen LogP contribution is 2.30. The fourth-order valence-corrected chi connectivity index (χ4v) is 2.61. The van der Waals surface area contributed by atoms with Crippen molar-refractivity contribution in [2.45, 2.75) is 64.6 Å². The van der Waals surface area contributed by atoms with Crippen LogP contribution in [-0.2, 0) is 9.53 Å². The van der Waals surface area contributed by atoms with Gasteiger partial charge in [0.15, 0.2) is 0 Å². The molecule has 4 nitrogen and oxygen atoms in total.